The van der Waals surface area contributed by atoms with E-state index in [-0.39, 0.29) is 5.41 Å². The van der Waals surface area contributed by atoms with E-state index in [1.165, 1.54) is 24.8 Å². The number of benzene rings is 1. The Kier molecular flexibility index (Phi) is 3.09. The minimum Gasteiger partial charge on any atom is -0.497 e. The fourth-order valence-corrected chi connectivity index (χ4v) is 2.52. The van der Waals surface area contributed by atoms with Crippen molar-refractivity contribution < 1.29 is 4.74 Å². The molecule has 1 saturated heterocycles. The largest absolute Gasteiger partial charge is 0.497 e. The summed E-state index contributed by atoms with van der Waals surface area (Å²) in [5.41, 5.74) is 7.52. The van der Waals surface area contributed by atoms with E-state index in [9.17, 15) is 0 Å². The van der Waals surface area contributed by atoms with Gasteiger partial charge in [0.25, 0.3) is 0 Å². The lowest BCUT2D eigenvalue weighted by molar-refractivity contribution is 0.295. The molecule has 1 aliphatic heterocycles. The molecule has 0 amide bonds. The third kappa shape index (κ3) is 2.39. The Labute approximate surface area is 114 Å². The first kappa shape index (κ1) is 12.3. The van der Waals surface area contributed by atoms with Crippen molar-refractivity contribution in [1.29, 1.82) is 0 Å². The SMILES string of the molecule is COc1cccc(C2(CN=C(N)N3CCC3)CC2)c1. The number of likely N-dealkylation sites (tertiary alicyclic amines) is 1. The van der Waals surface area contributed by atoms with Gasteiger partial charge in [0.1, 0.15) is 5.75 Å². The van der Waals surface area contributed by atoms with Gasteiger partial charge < -0.3 is 15.4 Å². The van der Waals surface area contributed by atoms with Crippen molar-refractivity contribution in [3.05, 3.63) is 29.8 Å². The molecule has 2 N–H and O–H groups in total. The van der Waals surface area contributed by atoms with Gasteiger partial charge in [-0.2, -0.15) is 0 Å². The lowest BCUT2D eigenvalue weighted by atomic mass is 9.96. The van der Waals surface area contributed by atoms with E-state index < -0.39 is 0 Å². The van der Waals surface area contributed by atoms with Gasteiger partial charge in [-0.25, -0.2) is 0 Å². The van der Waals surface area contributed by atoms with Crippen LogP contribution < -0.4 is 10.5 Å². The zero-order valence-electron chi connectivity index (χ0n) is 11.4. The molecule has 4 heteroatoms. The van der Waals surface area contributed by atoms with Crippen LogP contribution in [0.5, 0.6) is 5.75 Å². The molecular formula is C15H21N3O. The lowest BCUT2D eigenvalue weighted by Gasteiger charge is -2.32. The smallest absolute Gasteiger partial charge is 0.191 e. The van der Waals surface area contributed by atoms with Gasteiger partial charge in [0.2, 0.25) is 0 Å². The fraction of sp³-hybridized carbons (Fsp3) is 0.533. The Morgan fingerprint density at radius 3 is 2.79 bits per heavy atom. The molecule has 1 aromatic carbocycles. The molecular weight excluding hydrogens is 238 g/mol. The number of guanidine groups is 1. The second kappa shape index (κ2) is 4.76. The second-order valence-corrected chi connectivity index (χ2v) is 5.53. The zero-order valence-corrected chi connectivity index (χ0v) is 11.4. The quantitative estimate of drug-likeness (QED) is 0.662. The third-order valence-corrected chi connectivity index (χ3v) is 4.26. The van der Waals surface area contributed by atoms with Crippen LogP contribution >= 0.6 is 0 Å². The number of methoxy groups -OCH3 is 1. The van der Waals surface area contributed by atoms with Crippen LogP contribution in [-0.4, -0.2) is 37.6 Å². The normalized spacial score (nSPS) is 20.9. The summed E-state index contributed by atoms with van der Waals surface area (Å²) in [6, 6.07) is 8.33. The number of rotatable bonds is 4. The Hall–Kier alpha value is -1.71. The van der Waals surface area contributed by atoms with Crippen molar-refractivity contribution in [2.75, 3.05) is 26.7 Å². The van der Waals surface area contributed by atoms with Crippen LogP contribution in [0.3, 0.4) is 0 Å². The van der Waals surface area contributed by atoms with E-state index in [0.29, 0.717) is 5.96 Å². The highest BCUT2D eigenvalue weighted by Gasteiger charge is 2.44. The molecule has 0 aromatic heterocycles. The molecule has 0 bridgehead atoms. The molecule has 0 spiro atoms. The van der Waals surface area contributed by atoms with Crippen LogP contribution in [0.15, 0.2) is 29.3 Å². The summed E-state index contributed by atoms with van der Waals surface area (Å²) in [6.45, 7) is 2.91. The van der Waals surface area contributed by atoms with E-state index in [0.717, 1.165) is 25.4 Å². The summed E-state index contributed by atoms with van der Waals surface area (Å²) in [6.07, 6.45) is 3.62. The Bertz CT molecular complexity index is 490. The molecule has 2 fully saturated rings. The summed E-state index contributed by atoms with van der Waals surface area (Å²) in [4.78, 5) is 6.73. The molecule has 0 unspecified atom stereocenters. The number of nitrogens with two attached hydrogens (primary N) is 1. The predicted octanol–water partition coefficient (Wildman–Crippen LogP) is 1.75. The summed E-state index contributed by atoms with van der Waals surface area (Å²) >= 11 is 0. The van der Waals surface area contributed by atoms with Crippen molar-refractivity contribution in [1.82, 2.24) is 4.90 Å². The number of nitrogens with zero attached hydrogens (tertiary/aromatic N) is 2. The van der Waals surface area contributed by atoms with Crippen molar-refractivity contribution in [3.63, 3.8) is 0 Å². The summed E-state index contributed by atoms with van der Waals surface area (Å²) in [7, 11) is 1.71. The average Bonchev–Trinajstić information content (AvgIpc) is 3.16. The van der Waals surface area contributed by atoms with Gasteiger partial charge in [-0.3, -0.25) is 4.99 Å². The van der Waals surface area contributed by atoms with Gasteiger partial charge in [0, 0.05) is 18.5 Å². The number of hydrogen-bond acceptors (Lipinski definition) is 2. The van der Waals surface area contributed by atoms with Crippen molar-refractivity contribution in [3.8, 4) is 5.75 Å². The predicted molar refractivity (Wildman–Crippen MR) is 76.6 cm³/mol. The van der Waals surface area contributed by atoms with E-state index in [1.807, 2.05) is 6.07 Å². The first-order chi connectivity index (χ1) is 9.23. The van der Waals surface area contributed by atoms with E-state index in [2.05, 4.69) is 28.1 Å². The Balaban J connectivity index is 1.72. The molecule has 0 radical (unpaired) electrons. The first-order valence-corrected chi connectivity index (χ1v) is 6.93. The molecule has 1 aliphatic carbocycles. The van der Waals surface area contributed by atoms with Gasteiger partial charge >= 0.3 is 0 Å². The Morgan fingerprint density at radius 2 is 2.21 bits per heavy atom. The van der Waals surface area contributed by atoms with Crippen LogP contribution in [0.25, 0.3) is 0 Å². The number of aliphatic imine (C=N–C) groups is 1. The molecule has 3 rings (SSSR count). The molecule has 19 heavy (non-hydrogen) atoms. The van der Waals surface area contributed by atoms with Crippen molar-refractivity contribution in [2.24, 2.45) is 10.7 Å². The zero-order chi connectivity index (χ0) is 13.3. The first-order valence-electron chi connectivity index (χ1n) is 6.93. The van der Waals surface area contributed by atoms with E-state index in [4.69, 9.17) is 10.5 Å². The van der Waals surface area contributed by atoms with E-state index in [1.54, 1.807) is 7.11 Å². The lowest BCUT2D eigenvalue weighted by Crippen LogP contribution is -2.46. The number of ether oxygens (including phenoxy) is 1. The molecule has 1 saturated carbocycles. The maximum Gasteiger partial charge on any atom is 0.191 e. The van der Waals surface area contributed by atoms with Gasteiger partial charge in [0.15, 0.2) is 5.96 Å². The minimum atomic E-state index is 0.198. The van der Waals surface area contributed by atoms with Crippen LogP contribution in [0.2, 0.25) is 0 Å². The fourth-order valence-electron chi connectivity index (χ4n) is 2.52. The average molecular weight is 259 g/mol. The number of hydrogen-bond donors (Lipinski definition) is 1. The standard InChI is InChI=1S/C15H21N3O/c1-19-13-5-2-4-12(10-13)15(6-7-15)11-17-14(16)18-8-3-9-18/h2,4-5,10H,3,6-9,11H2,1H3,(H2,16,17). The molecule has 102 valence electrons. The van der Waals surface area contributed by atoms with Gasteiger partial charge in [0.05, 0.1) is 13.7 Å². The van der Waals surface area contributed by atoms with Crippen LogP contribution in [0.1, 0.15) is 24.8 Å². The highest BCUT2D eigenvalue weighted by atomic mass is 16.5. The van der Waals surface area contributed by atoms with Gasteiger partial charge in [-0.05, 0) is 37.0 Å². The van der Waals surface area contributed by atoms with Gasteiger partial charge in [-0.15, -0.1) is 0 Å². The molecule has 0 atom stereocenters. The highest BCUT2D eigenvalue weighted by Crippen LogP contribution is 2.49. The molecule has 4 nitrogen and oxygen atoms in total. The maximum atomic E-state index is 6.00. The summed E-state index contributed by atoms with van der Waals surface area (Å²) in [5, 5.41) is 0. The topological polar surface area (TPSA) is 50.9 Å². The monoisotopic (exact) mass is 259 g/mol. The second-order valence-electron chi connectivity index (χ2n) is 5.53. The van der Waals surface area contributed by atoms with Crippen LogP contribution in [-0.2, 0) is 5.41 Å². The van der Waals surface area contributed by atoms with Gasteiger partial charge in [-0.1, -0.05) is 12.1 Å². The molecule has 1 aromatic rings. The van der Waals surface area contributed by atoms with E-state index >= 15 is 0 Å². The Morgan fingerprint density at radius 1 is 1.42 bits per heavy atom. The highest BCUT2D eigenvalue weighted by molar-refractivity contribution is 5.78. The van der Waals surface area contributed by atoms with Crippen molar-refractivity contribution >= 4 is 5.96 Å². The minimum absolute atomic E-state index is 0.198. The third-order valence-electron chi connectivity index (χ3n) is 4.26. The van der Waals surface area contributed by atoms with Crippen LogP contribution in [0.4, 0.5) is 0 Å². The summed E-state index contributed by atoms with van der Waals surface area (Å²) < 4.78 is 5.30. The summed E-state index contributed by atoms with van der Waals surface area (Å²) in [5.74, 6) is 1.63. The molecule has 1 heterocycles. The van der Waals surface area contributed by atoms with Crippen molar-refractivity contribution in [2.45, 2.75) is 24.7 Å². The maximum absolute atomic E-state index is 6.00. The molecule has 2 aliphatic rings. The van der Waals surface area contributed by atoms with Crippen LogP contribution in [0, 0.1) is 0 Å².